The Kier molecular flexibility index (Phi) is 3.94. The summed E-state index contributed by atoms with van der Waals surface area (Å²) in [6, 6.07) is 17.6. The van der Waals surface area contributed by atoms with E-state index in [1.807, 2.05) is 0 Å². The molecule has 0 bridgehead atoms. The van der Waals surface area contributed by atoms with Gasteiger partial charge in [-0.15, -0.1) is 0 Å². The normalized spacial score (nSPS) is 17.3. The van der Waals surface area contributed by atoms with Crippen molar-refractivity contribution in [2.45, 2.75) is 18.8 Å². The van der Waals surface area contributed by atoms with Gasteiger partial charge >= 0.3 is 0 Å². The molecule has 0 spiro atoms. The van der Waals surface area contributed by atoms with Gasteiger partial charge in [-0.25, -0.2) is 0 Å². The Bertz CT molecular complexity index is 654. The second-order valence-corrected chi connectivity index (χ2v) is 6.37. The van der Waals surface area contributed by atoms with Crippen LogP contribution in [-0.2, 0) is 6.42 Å². The SMILES string of the molecule is C=C1c2ccccc2C[C@@H](CC[NH+](C)C)c2ccccc21. The highest BCUT2D eigenvalue weighted by molar-refractivity contribution is 5.82. The van der Waals surface area contributed by atoms with Crippen molar-refractivity contribution in [3.05, 3.63) is 77.4 Å². The molecule has 0 aromatic heterocycles. The summed E-state index contributed by atoms with van der Waals surface area (Å²) < 4.78 is 0. The second-order valence-electron chi connectivity index (χ2n) is 6.37. The minimum absolute atomic E-state index is 0.594. The molecule has 0 saturated carbocycles. The van der Waals surface area contributed by atoms with Crippen molar-refractivity contribution in [2.75, 3.05) is 20.6 Å². The standard InChI is InChI=1S/C20H23N/c1-15-18-9-5-4-8-16(18)14-17(12-13-21(2)3)20-11-7-6-10-19(15)20/h4-11,17H,1,12-14H2,2-3H3/p+1/t17-/m1/s1. The number of fused-ring (bicyclic) bond motifs is 2. The fourth-order valence-corrected chi connectivity index (χ4v) is 3.36. The first kappa shape index (κ1) is 14.1. The number of hydrogen-bond acceptors (Lipinski definition) is 0. The molecule has 2 aromatic rings. The highest BCUT2D eigenvalue weighted by Crippen LogP contribution is 2.38. The van der Waals surface area contributed by atoms with Crippen LogP contribution in [0.25, 0.3) is 5.57 Å². The molecule has 0 radical (unpaired) electrons. The molecular formula is C20H24N+. The average molecular weight is 278 g/mol. The Labute approximate surface area is 127 Å². The van der Waals surface area contributed by atoms with E-state index in [1.54, 1.807) is 0 Å². The number of quaternary nitrogens is 1. The third kappa shape index (κ3) is 2.79. The lowest BCUT2D eigenvalue weighted by Crippen LogP contribution is -3.05. The molecule has 0 fully saturated rings. The van der Waals surface area contributed by atoms with E-state index in [9.17, 15) is 0 Å². The van der Waals surface area contributed by atoms with E-state index in [0.717, 1.165) is 6.42 Å². The number of rotatable bonds is 3. The van der Waals surface area contributed by atoms with Gasteiger partial charge in [-0.05, 0) is 40.2 Å². The molecule has 0 aliphatic heterocycles. The molecule has 1 N–H and O–H groups in total. The minimum Gasteiger partial charge on any atom is -0.340 e. The van der Waals surface area contributed by atoms with Crippen LogP contribution in [0, 0.1) is 0 Å². The van der Waals surface area contributed by atoms with E-state index in [0.29, 0.717) is 5.92 Å². The quantitative estimate of drug-likeness (QED) is 0.880. The first-order chi connectivity index (χ1) is 10.2. The van der Waals surface area contributed by atoms with Crippen molar-refractivity contribution in [3.8, 4) is 0 Å². The summed E-state index contributed by atoms with van der Waals surface area (Å²) in [6.07, 6.45) is 2.35. The van der Waals surface area contributed by atoms with Crippen molar-refractivity contribution in [1.82, 2.24) is 0 Å². The molecule has 1 aliphatic rings. The summed E-state index contributed by atoms with van der Waals surface area (Å²) in [5, 5.41) is 0. The lowest BCUT2D eigenvalue weighted by molar-refractivity contribution is -0.858. The van der Waals surface area contributed by atoms with Gasteiger partial charge in [0.2, 0.25) is 0 Å². The van der Waals surface area contributed by atoms with Crippen LogP contribution in [0.2, 0.25) is 0 Å². The number of hydrogen-bond donors (Lipinski definition) is 1. The monoisotopic (exact) mass is 278 g/mol. The zero-order chi connectivity index (χ0) is 14.8. The molecule has 21 heavy (non-hydrogen) atoms. The van der Waals surface area contributed by atoms with Crippen molar-refractivity contribution in [2.24, 2.45) is 0 Å². The van der Waals surface area contributed by atoms with Crippen LogP contribution >= 0.6 is 0 Å². The van der Waals surface area contributed by atoms with Crippen LogP contribution in [0.3, 0.4) is 0 Å². The maximum absolute atomic E-state index is 4.38. The molecule has 0 saturated heterocycles. The van der Waals surface area contributed by atoms with Gasteiger partial charge in [-0.1, -0.05) is 55.1 Å². The smallest absolute Gasteiger partial charge is 0.0772 e. The van der Waals surface area contributed by atoms with Gasteiger partial charge < -0.3 is 4.90 Å². The molecular weight excluding hydrogens is 254 g/mol. The van der Waals surface area contributed by atoms with E-state index < -0.39 is 0 Å². The Morgan fingerprint density at radius 1 is 1.00 bits per heavy atom. The zero-order valence-corrected chi connectivity index (χ0v) is 13.0. The van der Waals surface area contributed by atoms with Crippen LogP contribution in [0.15, 0.2) is 55.1 Å². The molecule has 108 valence electrons. The van der Waals surface area contributed by atoms with Gasteiger partial charge in [-0.3, -0.25) is 0 Å². The molecule has 1 atom stereocenters. The van der Waals surface area contributed by atoms with Crippen molar-refractivity contribution >= 4 is 5.57 Å². The zero-order valence-electron chi connectivity index (χ0n) is 13.0. The summed E-state index contributed by atoms with van der Waals surface area (Å²) in [6.45, 7) is 5.58. The molecule has 1 heteroatoms. The Morgan fingerprint density at radius 2 is 1.67 bits per heavy atom. The Balaban J connectivity index is 2.06. The molecule has 0 amide bonds. The van der Waals surface area contributed by atoms with Crippen LogP contribution < -0.4 is 4.90 Å². The highest BCUT2D eigenvalue weighted by atomic mass is 15.0. The Morgan fingerprint density at radius 3 is 2.43 bits per heavy atom. The summed E-state index contributed by atoms with van der Waals surface area (Å²) in [5.41, 5.74) is 6.75. The van der Waals surface area contributed by atoms with Gasteiger partial charge in [0.05, 0.1) is 20.6 Å². The van der Waals surface area contributed by atoms with Crippen LogP contribution in [0.4, 0.5) is 0 Å². The van der Waals surface area contributed by atoms with Crippen molar-refractivity contribution in [3.63, 3.8) is 0 Å². The van der Waals surface area contributed by atoms with E-state index in [2.05, 4.69) is 69.2 Å². The van der Waals surface area contributed by atoms with E-state index in [1.165, 1.54) is 45.7 Å². The van der Waals surface area contributed by atoms with E-state index in [4.69, 9.17) is 0 Å². The predicted molar refractivity (Wildman–Crippen MR) is 89.8 cm³/mol. The van der Waals surface area contributed by atoms with Crippen LogP contribution in [0.1, 0.15) is 34.6 Å². The van der Waals surface area contributed by atoms with Gasteiger partial charge in [0, 0.05) is 6.42 Å². The second kappa shape index (κ2) is 5.87. The lowest BCUT2D eigenvalue weighted by atomic mass is 9.88. The number of nitrogens with one attached hydrogen (secondary N) is 1. The fraction of sp³-hybridized carbons (Fsp3) is 0.300. The van der Waals surface area contributed by atoms with Gasteiger partial charge in [0.15, 0.2) is 0 Å². The summed E-state index contributed by atoms with van der Waals surface area (Å²) >= 11 is 0. The minimum atomic E-state index is 0.594. The molecule has 0 heterocycles. The average Bonchev–Trinajstić information content (AvgIpc) is 2.62. The molecule has 2 aromatic carbocycles. The van der Waals surface area contributed by atoms with Crippen LogP contribution in [0.5, 0.6) is 0 Å². The maximum atomic E-state index is 4.38. The number of benzene rings is 2. The highest BCUT2D eigenvalue weighted by Gasteiger charge is 2.24. The van der Waals surface area contributed by atoms with Gasteiger partial charge in [-0.2, -0.15) is 0 Å². The third-order valence-corrected chi connectivity index (χ3v) is 4.53. The molecule has 3 rings (SSSR count). The van der Waals surface area contributed by atoms with Gasteiger partial charge in [0.1, 0.15) is 0 Å². The largest absolute Gasteiger partial charge is 0.340 e. The molecule has 1 aliphatic carbocycles. The molecule has 1 nitrogen and oxygen atoms in total. The lowest BCUT2D eigenvalue weighted by Gasteiger charge is -2.19. The predicted octanol–water partition coefficient (Wildman–Crippen LogP) is 2.92. The van der Waals surface area contributed by atoms with E-state index in [-0.39, 0.29) is 0 Å². The topological polar surface area (TPSA) is 4.44 Å². The Hall–Kier alpha value is -1.86. The van der Waals surface area contributed by atoms with E-state index >= 15 is 0 Å². The fourth-order valence-electron chi connectivity index (χ4n) is 3.36. The summed E-state index contributed by atoms with van der Waals surface area (Å²) in [7, 11) is 4.46. The van der Waals surface area contributed by atoms with Gasteiger partial charge in [0.25, 0.3) is 0 Å². The summed E-state index contributed by atoms with van der Waals surface area (Å²) in [4.78, 5) is 1.52. The van der Waals surface area contributed by atoms with Crippen molar-refractivity contribution in [1.29, 1.82) is 0 Å². The first-order valence-corrected chi connectivity index (χ1v) is 7.82. The first-order valence-electron chi connectivity index (χ1n) is 7.82. The maximum Gasteiger partial charge on any atom is 0.0772 e. The molecule has 0 unspecified atom stereocenters. The van der Waals surface area contributed by atoms with Crippen molar-refractivity contribution < 1.29 is 4.90 Å². The van der Waals surface area contributed by atoms with Crippen LogP contribution in [-0.4, -0.2) is 20.6 Å². The summed E-state index contributed by atoms with van der Waals surface area (Å²) in [5.74, 6) is 0.594. The third-order valence-electron chi connectivity index (χ3n) is 4.53.